The molecule has 0 aliphatic rings. The van der Waals surface area contributed by atoms with Gasteiger partial charge in [-0.15, -0.1) is 0 Å². The third-order valence-electron chi connectivity index (χ3n) is 5.83. The molecule has 0 aliphatic carbocycles. The number of pyridine rings is 1. The molecule has 0 saturated carbocycles. The number of hydrogen-bond acceptors (Lipinski definition) is 5. The summed E-state index contributed by atoms with van der Waals surface area (Å²) in [7, 11) is 3.22. The second-order valence-electron chi connectivity index (χ2n) is 7.93. The number of H-pyrrole nitrogens is 1. The number of ether oxygens (including phenoxy) is 2. The first-order valence-electron chi connectivity index (χ1n) is 11.1. The van der Waals surface area contributed by atoms with Crippen LogP contribution in [0.3, 0.4) is 0 Å². The molecule has 0 bridgehead atoms. The van der Waals surface area contributed by atoms with Crippen molar-refractivity contribution in [3.05, 3.63) is 72.9 Å². The summed E-state index contributed by atoms with van der Waals surface area (Å²) in [6, 6.07) is 15.4. The summed E-state index contributed by atoms with van der Waals surface area (Å²) in [6.45, 7) is 1.31. The number of aromatic amines is 1. The standard InChI is InChI=1S/C26H25N5O3/c1-33-17-8-9-19(23(14-17)34-2)24-25-20(18-6-3-4-7-21(18)29-25)15-22(30-24)26(32)28-10-5-12-31-13-11-27-16-31/h3-4,6-9,11,13-16,29H,5,10,12H2,1-2H3,(H,28,32). The quantitative estimate of drug-likeness (QED) is 0.338. The second-order valence-corrected chi connectivity index (χ2v) is 7.93. The van der Waals surface area contributed by atoms with E-state index in [1.54, 1.807) is 26.7 Å². The SMILES string of the molecule is COc1ccc(-c2nc(C(=O)NCCCn3ccnc3)cc3c2[nH]c2ccccc23)c(OC)c1. The summed E-state index contributed by atoms with van der Waals surface area (Å²) in [4.78, 5) is 25.4. The van der Waals surface area contributed by atoms with Crippen LogP contribution in [-0.2, 0) is 6.54 Å². The van der Waals surface area contributed by atoms with Crippen molar-refractivity contribution in [3.8, 4) is 22.8 Å². The number of carbonyl (C=O) groups is 1. The van der Waals surface area contributed by atoms with Crippen LogP contribution in [0, 0.1) is 0 Å². The smallest absolute Gasteiger partial charge is 0.269 e. The number of benzene rings is 2. The summed E-state index contributed by atoms with van der Waals surface area (Å²) in [5, 5.41) is 4.96. The van der Waals surface area contributed by atoms with Gasteiger partial charge in [0.2, 0.25) is 0 Å². The number of carbonyl (C=O) groups excluding carboxylic acids is 1. The molecule has 5 aromatic rings. The molecule has 0 spiro atoms. The average Bonchev–Trinajstić information content (AvgIpc) is 3.53. The van der Waals surface area contributed by atoms with Crippen LogP contribution in [0.15, 0.2) is 67.3 Å². The van der Waals surface area contributed by atoms with E-state index in [2.05, 4.69) is 15.3 Å². The fourth-order valence-electron chi connectivity index (χ4n) is 4.12. The van der Waals surface area contributed by atoms with Gasteiger partial charge < -0.3 is 24.3 Å². The summed E-state index contributed by atoms with van der Waals surface area (Å²) in [6.07, 6.45) is 6.20. The van der Waals surface area contributed by atoms with Gasteiger partial charge in [-0.3, -0.25) is 4.79 Å². The Kier molecular flexibility index (Phi) is 5.86. The number of rotatable bonds is 8. The molecule has 8 heteroatoms. The highest BCUT2D eigenvalue weighted by Crippen LogP contribution is 2.38. The van der Waals surface area contributed by atoms with Gasteiger partial charge in [0.1, 0.15) is 17.2 Å². The topological polar surface area (TPSA) is 94.1 Å². The number of amides is 1. The molecule has 0 aliphatic heterocycles. The molecule has 5 rings (SSSR count). The molecular weight excluding hydrogens is 430 g/mol. The maximum absolute atomic E-state index is 13.1. The Hall–Kier alpha value is -4.33. The van der Waals surface area contributed by atoms with Crippen molar-refractivity contribution >= 4 is 27.7 Å². The van der Waals surface area contributed by atoms with Crippen LogP contribution < -0.4 is 14.8 Å². The number of aryl methyl sites for hydroxylation is 1. The van der Waals surface area contributed by atoms with Crippen molar-refractivity contribution in [2.45, 2.75) is 13.0 Å². The van der Waals surface area contributed by atoms with Crippen LogP contribution in [0.5, 0.6) is 11.5 Å². The highest BCUT2D eigenvalue weighted by Gasteiger charge is 2.19. The molecule has 0 radical (unpaired) electrons. The lowest BCUT2D eigenvalue weighted by Crippen LogP contribution is -2.26. The third kappa shape index (κ3) is 4.05. The molecule has 1 amide bonds. The molecule has 8 nitrogen and oxygen atoms in total. The Bertz CT molecular complexity index is 1460. The predicted molar refractivity (Wildman–Crippen MR) is 131 cm³/mol. The van der Waals surface area contributed by atoms with Crippen LogP contribution in [-0.4, -0.2) is 46.2 Å². The molecule has 3 heterocycles. The molecule has 0 fully saturated rings. The zero-order chi connectivity index (χ0) is 23.5. The van der Waals surface area contributed by atoms with E-state index in [-0.39, 0.29) is 5.91 Å². The Morgan fingerprint density at radius 2 is 1.97 bits per heavy atom. The number of imidazole rings is 1. The zero-order valence-corrected chi connectivity index (χ0v) is 19.0. The third-order valence-corrected chi connectivity index (χ3v) is 5.83. The van der Waals surface area contributed by atoms with Crippen LogP contribution in [0.2, 0.25) is 0 Å². The summed E-state index contributed by atoms with van der Waals surface area (Å²) in [5.74, 6) is 1.08. The predicted octanol–water partition coefficient (Wildman–Crippen LogP) is 4.42. The van der Waals surface area contributed by atoms with Crippen LogP contribution in [0.1, 0.15) is 16.9 Å². The van der Waals surface area contributed by atoms with Crippen molar-refractivity contribution in [2.24, 2.45) is 0 Å². The van der Waals surface area contributed by atoms with Crippen molar-refractivity contribution < 1.29 is 14.3 Å². The van der Waals surface area contributed by atoms with E-state index >= 15 is 0 Å². The summed E-state index contributed by atoms with van der Waals surface area (Å²) >= 11 is 0. The second kappa shape index (κ2) is 9.27. The Balaban J connectivity index is 1.54. The van der Waals surface area contributed by atoms with Crippen LogP contribution in [0.4, 0.5) is 0 Å². The lowest BCUT2D eigenvalue weighted by atomic mass is 10.0. The summed E-state index contributed by atoms with van der Waals surface area (Å²) in [5.41, 5.74) is 3.60. The van der Waals surface area contributed by atoms with E-state index < -0.39 is 0 Å². The highest BCUT2D eigenvalue weighted by molar-refractivity contribution is 6.13. The number of hydrogen-bond donors (Lipinski definition) is 2. The average molecular weight is 456 g/mol. The van der Waals surface area contributed by atoms with Crippen molar-refractivity contribution in [2.75, 3.05) is 20.8 Å². The first kappa shape index (κ1) is 21.5. The Morgan fingerprint density at radius 1 is 1.09 bits per heavy atom. The molecule has 34 heavy (non-hydrogen) atoms. The van der Waals surface area contributed by atoms with E-state index in [1.807, 2.05) is 59.3 Å². The number of nitrogens with zero attached hydrogens (tertiary/aromatic N) is 3. The fraction of sp³-hybridized carbons (Fsp3) is 0.192. The van der Waals surface area contributed by atoms with Crippen LogP contribution in [0.25, 0.3) is 33.1 Å². The number of para-hydroxylation sites is 1. The Labute approximate surface area is 196 Å². The van der Waals surface area contributed by atoms with Gasteiger partial charge in [0.05, 0.1) is 31.8 Å². The minimum absolute atomic E-state index is 0.216. The van der Waals surface area contributed by atoms with Gasteiger partial charge in [-0.05, 0) is 30.7 Å². The van der Waals surface area contributed by atoms with Gasteiger partial charge >= 0.3 is 0 Å². The number of nitrogens with one attached hydrogen (secondary N) is 2. The molecule has 0 saturated heterocycles. The van der Waals surface area contributed by atoms with E-state index in [0.29, 0.717) is 29.4 Å². The van der Waals surface area contributed by atoms with E-state index in [0.717, 1.165) is 40.3 Å². The number of aromatic nitrogens is 4. The van der Waals surface area contributed by atoms with Gasteiger partial charge in [-0.25, -0.2) is 9.97 Å². The molecule has 172 valence electrons. The van der Waals surface area contributed by atoms with E-state index in [1.165, 1.54) is 0 Å². The minimum Gasteiger partial charge on any atom is -0.497 e. The van der Waals surface area contributed by atoms with Crippen molar-refractivity contribution in [3.63, 3.8) is 0 Å². The molecule has 2 N–H and O–H groups in total. The number of methoxy groups -OCH3 is 2. The Morgan fingerprint density at radius 3 is 2.76 bits per heavy atom. The van der Waals surface area contributed by atoms with E-state index in [4.69, 9.17) is 14.5 Å². The molecule has 0 unspecified atom stereocenters. The van der Waals surface area contributed by atoms with Gasteiger partial charge in [-0.2, -0.15) is 0 Å². The van der Waals surface area contributed by atoms with Crippen molar-refractivity contribution in [1.82, 2.24) is 24.8 Å². The highest BCUT2D eigenvalue weighted by atomic mass is 16.5. The zero-order valence-electron chi connectivity index (χ0n) is 19.0. The lowest BCUT2D eigenvalue weighted by Gasteiger charge is -2.12. The molecule has 2 aromatic carbocycles. The van der Waals surface area contributed by atoms with Gasteiger partial charge in [0.15, 0.2) is 0 Å². The van der Waals surface area contributed by atoms with Gasteiger partial charge in [0, 0.05) is 53.4 Å². The monoisotopic (exact) mass is 455 g/mol. The minimum atomic E-state index is -0.216. The number of fused-ring (bicyclic) bond motifs is 3. The maximum Gasteiger partial charge on any atom is 0.269 e. The normalized spacial score (nSPS) is 11.1. The summed E-state index contributed by atoms with van der Waals surface area (Å²) < 4.78 is 13.0. The molecular formula is C26H25N5O3. The lowest BCUT2D eigenvalue weighted by molar-refractivity contribution is 0.0948. The fourth-order valence-corrected chi connectivity index (χ4v) is 4.12. The maximum atomic E-state index is 13.1. The van der Waals surface area contributed by atoms with Crippen molar-refractivity contribution in [1.29, 1.82) is 0 Å². The van der Waals surface area contributed by atoms with E-state index in [9.17, 15) is 4.79 Å². The molecule has 0 atom stereocenters. The first-order chi connectivity index (χ1) is 16.7. The molecule has 3 aromatic heterocycles. The van der Waals surface area contributed by atoms with Crippen LogP contribution >= 0.6 is 0 Å². The first-order valence-corrected chi connectivity index (χ1v) is 11.1. The van der Waals surface area contributed by atoms with Gasteiger partial charge in [-0.1, -0.05) is 18.2 Å². The van der Waals surface area contributed by atoms with Gasteiger partial charge in [0.25, 0.3) is 5.91 Å². The largest absolute Gasteiger partial charge is 0.497 e.